The summed E-state index contributed by atoms with van der Waals surface area (Å²) in [4.78, 5) is 0.322. The lowest BCUT2D eigenvalue weighted by atomic mass is 10.2. The van der Waals surface area contributed by atoms with Gasteiger partial charge in [-0.3, -0.25) is 4.68 Å². The molecule has 0 bridgehead atoms. The van der Waals surface area contributed by atoms with E-state index in [0.717, 1.165) is 0 Å². The number of nitrogens with zero attached hydrogens (tertiary/aromatic N) is 2. The Balaban J connectivity index is 2.15. The van der Waals surface area contributed by atoms with E-state index in [1.807, 2.05) is 25.3 Å². The molecule has 1 unspecified atom stereocenters. The zero-order valence-electron chi connectivity index (χ0n) is 10.9. The van der Waals surface area contributed by atoms with Crippen LogP contribution in [0.5, 0.6) is 0 Å². The minimum absolute atomic E-state index is 0.0720. The van der Waals surface area contributed by atoms with Crippen molar-refractivity contribution in [2.24, 2.45) is 0 Å². The summed E-state index contributed by atoms with van der Waals surface area (Å²) in [6.45, 7) is 2.66. The highest BCUT2D eigenvalue weighted by Crippen LogP contribution is 2.21. The van der Waals surface area contributed by atoms with Crippen LogP contribution in [0.4, 0.5) is 5.69 Å². The summed E-state index contributed by atoms with van der Waals surface area (Å²) in [5, 5.41) is 7.34. The Kier molecular flexibility index (Phi) is 3.90. The Morgan fingerprint density at radius 2 is 2.05 bits per heavy atom. The van der Waals surface area contributed by atoms with Gasteiger partial charge in [-0.25, -0.2) is 8.42 Å². The van der Waals surface area contributed by atoms with Crippen molar-refractivity contribution in [3.63, 3.8) is 0 Å². The molecule has 1 N–H and O–H groups in total. The van der Waals surface area contributed by atoms with E-state index in [9.17, 15) is 8.42 Å². The van der Waals surface area contributed by atoms with Gasteiger partial charge in [0, 0.05) is 24.7 Å². The van der Waals surface area contributed by atoms with Crippen LogP contribution in [0.25, 0.3) is 0 Å². The fraction of sp³-hybridized carbons (Fsp3) is 0.308. The van der Waals surface area contributed by atoms with E-state index in [0.29, 0.717) is 17.1 Å². The van der Waals surface area contributed by atoms with Gasteiger partial charge >= 0.3 is 0 Å². The number of rotatable bonds is 5. The average Bonchev–Trinajstić information content (AvgIpc) is 2.81. The highest BCUT2D eigenvalue weighted by molar-refractivity contribution is 7.90. The number of nitrogens with one attached hydrogen (secondary N) is 1. The number of para-hydroxylation sites is 1. The summed E-state index contributed by atoms with van der Waals surface area (Å²) >= 11 is 0. The molecule has 0 amide bonds. The van der Waals surface area contributed by atoms with Gasteiger partial charge < -0.3 is 5.32 Å². The number of hydrogen-bond donors (Lipinski definition) is 1. The first kappa shape index (κ1) is 13.6. The predicted molar refractivity (Wildman–Crippen MR) is 74.9 cm³/mol. The van der Waals surface area contributed by atoms with Crippen molar-refractivity contribution in [1.82, 2.24) is 9.78 Å². The van der Waals surface area contributed by atoms with E-state index in [1.165, 1.54) is 6.26 Å². The Bertz CT molecular complexity index is 636. The molecule has 2 rings (SSSR count). The third-order valence-corrected chi connectivity index (χ3v) is 3.86. The van der Waals surface area contributed by atoms with Crippen LogP contribution in [0.3, 0.4) is 0 Å². The van der Waals surface area contributed by atoms with Gasteiger partial charge in [-0.05, 0) is 25.1 Å². The van der Waals surface area contributed by atoms with Crippen LogP contribution in [0.15, 0.2) is 47.6 Å². The maximum Gasteiger partial charge on any atom is 0.177 e. The third kappa shape index (κ3) is 3.57. The molecule has 0 spiro atoms. The zero-order valence-corrected chi connectivity index (χ0v) is 11.8. The maximum atomic E-state index is 11.7. The van der Waals surface area contributed by atoms with Crippen molar-refractivity contribution in [2.75, 3.05) is 11.6 Å². The van der Waals surface area contributed by atoms with Crippen molar-refractivity contribution in [3.8, 4) is 0 Å². The van der Waals surface area contributed by atoms with Gasteiger partial charge in [0.2, 0.25) is 0 Å². The number of hydrogen-bond acceptors (Lipinski definition) is 4. The molecule has 0 aliphatic carbocycles. The predicted octanol–water partition coefficient (Wildman–Crippen LogP) is 1.79. The molecule has 2 aromatic rings. The quantitative estimate of drug-likeness (QED) is 0.906. The van der Waals surface area contributed by atoms with Gasteiger partial charge in [0.05, 0.1) is 17.1 Å². The van der Waals surface area contributed by atoms with Crippen molar-refractivity contribution in [1.29, 1.82) is 0 Å². The molecule has 0 radical (unpaired) electrons. The second-order valence-electron chi connectivity index (χ2n) is 4.54. The first-order chi connectivity index (χ1) is 8.97. The smallest absolute Gasteiger partial charge is 0.177 e. The fourth-order valence-electron chi connectivity index (χ4n) is 1.91. The van der Waals surface area contributed by atoms with Crippen molar-refractivity contribution in [2.45, 2.75) is 24.4 Å². The molecule has 0 fully saturated rings. The van der Waals surface area contributed by atoms with Gasteiger partial charge in [-0.1, -0.05) is 12.1 Å². The Morgan fingerprint density at radius 1 is 1.32 bits per heavy atom. The van der Waals surface area contributed by atoms with E-state index in [2.05, 4.69) is 10.4 Å². The van der Waals surface area contributed by atoms with Gasteiger partial charge in [-0.2, -0.15) is 5.10 Å². The molecular weight excluding hydrogens is 262 g/mol. The second kappa shape index (κ2) is 5.44. The highest BCUT2D eigenvalue weighted by atomic mass is 32.2. The Morgan fingerprint density at radius 3 is 2.68 bits per heavy atom. The van der Waals surface area contributed by atoms with Crippen LogP contribution in [0, 0.1) is 0 Å². The molecule has 6 heteroatoms. The molecule has 0 saturated carbocycles. The molecule has 0 aliphatic heterocycles. The fourth-order valence-corrected chi connectivity index (χ4v) is 2.76. The van der Waals surface area contributed by atoms with Gasteiger partial charge in [0.25, 0.3) is 0 Å². The lowest BCUT2D eigenvalue weighted by Gasteiger charge is -2.17. The summed E-state index contributed by atoms with van der Waals surface area (Å²) in [5.41, 5.74) is 0.629. The largest absolute Gasteiger partial charge is 0.380 e. The number of aromatic nitrogens is 2. The molecular formula is C13H17N3O2S. The molecule has 0 aliphatic rings. The van der Waals surface area contributed by atoms with Crippen LogP contribution < -0.4 is 5.32 Å². The van der Waals surface area contributed by atoms with Crippen LogP contribution in [-0.2, 0) is 16.4 Å². The van der Waals surface area contributed by atoms with E-state index in [4.69, 9.17) is 0 Å². The van der Waals surface area contributed by atoms with Crippen molar-refractivity contribution < 1.29 is 8.42 Å². The SMILES string of the molecule is CC(Cn1cccn1)Nc1ccccc1S(C)(=O)=O. The van der Waals surface area contributed by atoms with Crippen LogP contribution in [-0.4, -0.2) is 30.5 Å². The van der Waals surface area contributed by atoms with Gasteiger partial charge in [0.1, 0.15) is 0 Å². The lowest BCUT2D eigenvalue weighted by Crippen LogP contribution is -2.23. The first-order valence-corrected chi connectivity index (χ1v) is 7.89. The summed E-state index contributed by atoms with van der Waals surface area (Å²) in [6, 6.07) is 8.85. The van der Waals surface area contributed by atoms with E-state index in [-0.39, 0.29) is 6.04 Å². The van der Waals surface area contributed by atoms with Gasteiger partial charge in [0.15, 0.2) is 9.84 Å². The molecule has 1 aromatic heterocycles. The van der Waals surface area contributed by atoms with Crippen molar-refractivity contribution >= 4 is 15.5 Å². The van der Waals surface area contributed by atoms with Crippen LogP contribution >= 0.6 is 0 Å². The summed E-state index contributed by atoms with van der Waals surface area (Å²) < 4.78 is 25.2. The van der Waals surface area contributed by atoms with E-state index in [1.54, 1.807) is 29.1 Å². The minimum atomic E-state index is -3.23. The third-order valence-electron chi connectivity index (χ3n) is 2.71. The molecule has 1 aromatic carbocycles. The maximum absolute atomic E-state index is 11.7. The van der Waals surface area contributed by atoms with E-state index < -0.39 is 9.84 Å². The summed E-state index contributed by atoms with van der Waals surface area (Å²) in [7, 11) is -3.23. The molecule has 5 nitrogen and oxygen atoms in total. The molecule has 19 heavy (non-hydrogen) atoms. The first-order valence-electron chi connectivity index (χ1n) is 6.00. The van der Waals surface area contributed by atoms with Crippen molar-refractivity contribution in [3.05, 3.63) is 42.7 Å². The lowest BCUT2D eigenvalue weighted by molar-refractivity contribution is 0.559. The highest BCUT2D eigenvalue weighted by Gasteiger charge is 2.14. The minimum Gasteiger partial charge on any atom is -0.380 e. The molecule has 1 heterocycles. The number of sulfone groups is 1. The van der Waals surface area contributed by atoms with E-state index >= 15 is 0 Å². The van der Waals surface area contributed by atoms with Crippen LogP contribution in [0.2, 0.25) is 0 Å². The molecule has 0 saturated heterocycles. The summed E-state index contributed by atoms with van der Waals surface area (Å²) in [6.07, 6.45) is 4.81. The zero-order chi connectivity index (χ0) is 13.9. The Labute approximate surface area is 113 Å². The number of benzene rings is 1. The van der Waals surface area contributed by atoms with Gasteiger partial charge in [-0.15, -0.1) is 0 Å². The number of anilines is 1. The normalized spacial score (nSPS) is 13.2. The topological polar surface area (TPSA) is 64.0 Å². The monoisotopic (exact) mass is 279 g/mol. The standard InChI is InChI=1S/C13H17N3O2S/c1-11(10-16-9-5-8-14-16)15-12-6-3-4-7-13(12)19(2,17)18/h3-9,11,15H,10H2,1-2H3. The molecule has 102 valence electrons. The average molecular weight is 279 g/mol. The second-order valence-corrected chi connectivity index (χ2v) is 6.53. The summed E-state index contributed by atoms with van der Waals surface area (Å²) in [5.74, 6) is 0. The molecule has 1 atom stereocenters. The Hall–Kier alpha value is -1.82. The van der Waals surface area contributed by atoms with Crippen LogP contribution in [0.1, 0.15) is 6.92 Å².